The summed E-state index contributed by atoms with van der Waals surface area (Å²) in [6, 6.07) is 22.0. The Bertz CT molecular complexity index is 1330. The number of carbonyl (C=O) groups is 2. The number of benzene rings is 3. The van der Waals surface area contributed by atoms with Crippen LogP contribution in [0.1, 0.15) is 40.1 Å². The largest absolute Gasteiger partial charge is 0.497 e. The van der Waals surface area contributed by atoms with Crippen LogP contribution >= 0.6 is 0 Å². The number of hydrogen-bond acceptors (Lipinski definition) is 6. The van der Waals surface area contributed by atoms with E-state index in [2.05, 4.69) is 17.1 Å². The number of carbonyl (C=O) groups excluding carboxylic acids is 2. The van der Waals surface area contributed by atoms with Gasteiger partial charge in [-0.15, -0.1) is 0 Å². The number of ketones is 1. The van der Waals surface area contributed by atoms with Gasteiger partial charge in [0, 0.05) is 28.2 Å². The van der Waals surface area contributed by atoms with E-state index < -0.39 is 18.7 Å². The third-order valence-electron chi connectivity index (χ3n) is 5.61. The number of hydrogen-bond donors (Lipinski definition) is 1. The monoisotopic (exact) mass is 470 g/mol. The van der Waals surface area contributed by atoms with Crippen LogP contribution in [0.4, 0.5) is 0 Å². The number of esters is 1. The van der Waals surface area contributed by atoms with Crippen molar-refractivity contribution in [3.05, 3.63) is 101 Å². The van der Waals surface area contributed by atoms with Crippen LogP contribution in [0.15, 0.2) is 84.1 Å². The quantitative estimate of drug-likeness (QED) is 0.148. The first kappa shape index (κ1) is 23.8. The van der Waals surface area contributed by atoms with Crippen LogP contribution in [0.25, 0.3) is 10.9 Å². The van der Waals surface area contributed by atoms with Gasteiger partial charge in [-0.05, 0) is 41.8 Å². The predicted octanol–water partition coefficient (Wildman–Crippen LogP) is 5.26. The van der Waals surface area contributed by atoms with Crippen LogP contribution in [0, 0.1) is 0 Å². The fraction of sp³-hybridized carbons (Fsp3) is 0.179. The number of Topliss-reactive ketones (excluding diaryl/α,β-unsaturated/α-hetero) is 1. The van der Waals surface area contributed by atoms with E-state index in [1.54, 1.807) is 61.8 Å². The molecule has 7 heteroatoms. The molecular formula is C28H26N2O5. The maximum atomic E-state index is 13.5. The number of ether oxygens (including phenoxy) is 2. The van der Waals surface area contributed by atoms with Gasteiger partial charge in [0.1, 0.15) is 5.75 Å². The predicted molar refractivity (Wildman–Crippen MR) is 134 cm³/mol. The molecule has 178 valence electrons. The van der Waals surface area contributed by atoms with Crippen LogP contribution < -0.4 is 4.74 Å². The van der Waals surface area contributed by atoms with Crippen molar-refractivity contribution in [2.45, 2.75) is 19.4 Å². The number of aryl methyl sites for hydroxylation is 1. The number of fused-ring (bicyclic) bond motifs is 1. The lowest BCUT2D eigenvalue weighted by Gasteiger charge is -2.17. The van der Waals surface area contributed by atoms with Gasteiger partial charge in [-0.25, -0.2) is 4.79 Å². The Morgan fingerprint density at radius 1 is 1.00 bits per heavy atom. The Labute approximate surface area is 203 Å². The number of H-pyrrole nitrogens is 1. The summed E-state index contributed by atoms with van der Waals surface area (Å²) in [5, 5.41) is 4.61. The van der Waals surface area contributed by atoms with Gasteiger partial charge >= 0.3 is 5.97 Å². The summed E-state index contributed by atoms with van der Waals surface area (Å²) in [5.41, 5.74) is 3.84. The molecule has 1 heterocycles. The second-order valence-electron chi connectivity index (χ2n) is 7.82. The van der Waals surface area contributed by atoms with Crippen molar-refractivity contribution in [1.82, 2.24) is 4.98 Å². The molecule has 35 heavy (non-hydrogen) atoms. The fourth-order valence-electron chi connectivity index (χ4n) is 3.80. The first-order chi connectivity index (χ1) is 17.1. The number of rotatable bonds is 10. The molecule has 0 aliphatic heterocycles. The summed E-state index contributed by atoms with van der Waals surface area (Å²) in [6.07, 6.45) is 2.87. The zero-order chi connectivity index (χ0) is 24.6. The van der Waals surface area contributed by atoms with Crippen LogP contribution in [0.5, 0.6) is 5.75 Å². The summed E-state index contributed by atoms with van der Waals surface area (Å²) in [7, 11) is 1.59. The SMILES string of the molecule is CCc1cccc2c(C(=O)C(OC(=O)CO/N=C/c3ccc(OC)cc3)c3ccccc3)c[nH]c12. The van der Waals surface area contributed by atoms with Crippen molar-refractivity contribution in [3.8, 4) is 5.75 Å². The van der Waals surface area contributed by atoms with Crippen LogP contribution in [-0.4, -0.2) is 36.7 Å². The second kappa shape index (κ2) is 11.2. The molecule has 0 aliphatic carbocycles. The standard InChI is InChI=1S/C28H26N2O5/c1-3-20-10-7-11-23-24(17-29-26(20)23)27(32)28(21-8-5-4-6-9-21)35-25(31)18-34-30-16-19-12-14-22(33-2)15-13-19/h4-17,28-29H,3,18H2,1-2H3/b30-16+. The van der Waals surface area contributed by atoms with Gasteiger partial charge in [-0.3, -0.25) is 4.79 Å². The molecule has 0 aliphatic rings. The van der Waals surface area contributed by atoms with Gasteiger partial charge in [0.2, 0.25) is 12.4 Å². The van der Waals surface area contributed by atoms with Crippen molar-refractivity contribution in [2.75, 3.05) is 13.7 Å². The molecule has 4 rings (SSSR count). The van der Waals surface area contributed by atoms with E-state index in [0.29, 0.717) is 11.1 Å². The summed E-state index contributed by atoms with van der Waals surface area (Å²) in [6.45, 7) is 1.62. The molecule has 0 bridgehead atoms. The van der Waals surface area contributed by atoms with Crippen LogP contribution in [0.2, 0.25) is 0 Å². The maximum Gasteiger partial charge on any atom is 0.348 e. The Balaban J connectivity index is 1.48. The molecule has 0 radical (unpaired) electrons. The molecule has 1 unspecified atom stereocenters. The molecule has 0 fully saturated rings. The van der Waals surface area contributed by atoms with Gasteiger partial charge in [0.25, 0.3) is 0 Å². The van der Waals surface area contributed by atoms with Crippen LogP contribution in [0.3, 0.4) is 0 Å². The number of oxime groups is 1. The van der Waals surface area contributed by atoms with Crippen LogP contribution in [-0.2, 0) is 20.8 Å². The van der Waals surface area contributed by atoms with Crippen molar-refractivity contribution in [1.29, 1.82) is 0 Å². The first-order valence-corrected chi connectivity index (χ1v) is 11.3. The number of aromatic amines is 1. The number of methoxy groups -OCH3 is 1. The Morgan fingerprint density at radius 2 is 1.77 bits per heavy atom. The lowest BCUT2D eigenvalue weighted by Crippen LogP contribution is -2.22. The second-order valence-corrected chi connectivity index (χ2v) is 7.82. The fourth-order valence-corrected chi connectivity index (χ4v) is 3.80. The lowest BCUT2D eigenvalue weighted by atomic mass is 9.98. The van der Waals surface area contributed by atoms with Crippen molar-refractivity contribution >= 4 is 28.9 Å². The zero-order valence-electron chi connectivity index (χ0n) is 19.6. The Kier molecular flexibility index (Phi) is 7.57. The van der Waals surface area contributed by atoms with Gasteiger partial charge in [0.15, 0.2) is 6.10 Å². The molecule has 1 N–H and O–H groups in total. The summed E-state index contributed by atoms with van der Waals surface area (Å²) < 4.78 is 10.7. The van der Waals surface area contributed by atoms with E-state index in [4.69, 9.17) is 14.3 Å². The summed E-state index contributed by atoms with van der Waals surface area (Å²) >= 11 is 0. The average molecular weight is 471 g/mol. The van der Waals surface area contributed by atoms with E-state index in [1.165, 1.54) is 6.21 Å². The van der Waals surface area contributed by atoms with Gasteiger partial charge in [-0.2, -0.15) is 0 Å². The first-order valence-electron chi connectivity index (χ1n) is 11.3. The van der Waals surface area contributed by atoms with E-state index in [0.717, 1.165) is 34.2 Å². The lowest BCUT2D eigenvalue weighted by molar-refractivity contribution is -0.152. The number of nitrogens with zero attached hydrogens (tertiary/aromatic N) is 1. The van der Waals surface area contributed by atoms with E-state index in [-0.39, 0.29) is 5.78 Å². The van der Waals surface area contributed by atoms with Gasteiger partial charge < -0.3 is 19.3 Å². The molecule has 1 atom stereocenters. The maximum absolute atomic E-state index is 13.5. The van der Waals surface area contributed by atoms with Gasteiger partial charge in [-0.1, -0.05) is 60.6 Å². The number of para-hydroxylation sites is 1. The minimum absolute atomic E-state index is 0.314. The average Bonchev–Trinajstić information content (AvgIpc) is 3.34. The van der Waals surface area contributed by atoms with E-state index >= 15 is 0 Å². The molecular weight excluding hydrogens is 444 g/mol. The Hall–Kier alpha value is -4.39. The Morgan fingerprint density at radius 3 is 2.49 bits per heavy atom. The topological polar surface area (TPSA) is 90.0 Å². The third-order valence-corrected chi connectivity index (χ3v) is 5.61. The highest BCUT2D eigenvalue weighted by atomic mass is 16.7. The molecule has 4 aromatic rings. The molecule has 0 spiro atoms. The zero-order valence-corrected chi connectivity index (χ0v) is 19.6. The molecule has 7 nitrogen and oxygen atoms in total. The molecule has 1 aromatic heterocycles. The van der Waals surface area contributed by atoms with E-state index in [1.807, 2.05) is 24.3 Å². The molecule has 0 saturated heterocycles. The number of nitrogens with one attached hydrogen (secondary N) is 1. The molecule has 3 aromatic carbocycles. The third kappa shape index (κ3) is 5.58. The highest BCUT2D eigenvalue weighted by Gasteiger charge is 2.28. The minimum Gasteiger partial charge on any atom is -0.497 e. The van der Waals surface area contributed by atoms with Crippen molar-refractivity contribution < 1.29 is 23.9 Å². The summed E-state index contributed by atoms with van der Waals surface area (Å²) in [5.74, 6) is -0.289. The molecule has 0 amide bonds. The van der Waals surface area contributed by atoms with Gasteiger partial charge in [0.05, 0.1) is 13.3 Å². The van der Waals surface area contributed by atoms with Crippen molar-refractivity contribution in [2.24, 2.45) is 5.16 Å². The highest BCUT2D eigenvalue weighted by molar-refractivity contribution is 6.11. The summed E-state index contributed by atoms with van der Waals surface area (Å²) in [4.78, 5) is 34.4. The number of aromatic nitrogens is 1. The minimum atomic E-state index is -1.11. The van der Waals surface area contributed by atoms with E-state index in [9.17, 15) is 9.59 Å². The highest BCUT2D eigenvalue weighted by Crippen LogP contribution is 2.29. The molecule has 0 saturated carbocycles. The smallest absolute Gasteiger partial charge is 0.348 e. The normalized spacial score (nSPS) is 11.9. The van der Waals surface area contributed by atoms with Crippen molar-refractivity contribution in [3.63, 3.8) is 0 Å².